The van der Waals surface area contributed by atoms with Crippen LogP contribution in [0, 0.1) is 6.92 Å². The van der Waals surface area contributed by atoms with Gasteiger partial charge < -0.3 is 14.6 Å². The number of carbonyl (C=O) groups excluding carboxylic acids is 1. The molecule has 162 valence electrons. The molecule has 0 saturated heterocycles. The van der Waals surface area contributed by atoms with Crippen molar-refractivity contribution in [3.63, 3.8) is 0 Å². The summed E-state index contributed by atoms with van der Waals surface area (Å²) in [5.74, 6) is 1.16. The van der Waals surface area contributed by atoms with Gasteiger partial charge in [-0.25, -0.2) is 4.52 Å². The van der Waals surface area contributed by atoms with Crippen molar-refractivity contribution in [3.8, 4) is 28.4 Å². The predicted molar refractivity (Wildman–Crippen MR) is 118 cm³/mol. The van der Waals surface area contributed by atoms with Crippen molar-refractivity contribution in [2.24, 2.45) is 0 Å². The van der Waals surface area contributed by atoms with Gasteiger partial charge in [0.2, 0.25) is 0 Å². The quantitative estimate of drug-likeness (QED) is 0.527. The molecule has 1 N–H and O–H groups in total. The van der Waals surface area contributed by atoms with Crippen LogP contribution in [0.3, 0.4) is 0 Å². The fraction of sp³-hybridized carbons (Fsp3) is 0.250. The van der Waals surface area contributed by atoms with Crippen LogP contribution in [-0.4, -0.2) is 44.9 Å². The van der Waals surface area contributed by atoms with E-state index in [1.54, 1.807) is 30.9 Å². The predicted octanol–water partition coefficient (Wildman–Crippen LogP) is 3.74. The molecule has 1 atom stereocenters. The lowest BCUT2D eigenvalue weighted by Gasteiger charge is -2.23. The molecule has 1 aliphatic rings. The molecule has 4 aromatic rings. The van der Waals surface area contributed by atoms with Gasteiger partial charge in [0, 0.05) is 12.3 Å². The van der Waals surface area contributed by atoms with Gasteiger partial charge in [-0.3, -0.25) is 4.79 Å². The third kappa shape index (κ3) is 3.07. The Hall–Kier alpha value is -3.94. The van der Waals surface area contributed by atoms with Crippen molar-refractivity contribution in [1.29, 1.82) is 0 Å². The fourth-order valence-corrected chi connectivity index (χ4v) is 4.46. The molecule has 1 aliphatic carbocycles. The van der Waals surface area contributed by atoms with Gasteiger partial charge >= 0.3 is 0 Å². The van der Waals surface area contributed by atoms with Crippen molar-refractivity contribution >= 4 is 11.4 Å². The first-order valence-corrected chi connectivity index (χ1v) is 10.3. The molecule has 0 unspecified atom stereocenters. The zero-order chi connectivity index (χ0) is 22.4. The number of hydrogen-bond acceptors (Lipinski definition) is 7. The number of hydrogen-bond donors (Lipinski definition) is 1. The lowest BCUT2D eigenvalue weighted by Crippen LogP contribution is -2.24. The lowest BCUT2D eigenvalue weighted by atomic mass is 9.83. The highest BCUT2D eigenvalue weighted by Gasteiger charge is 2.32. The first-order valence-electron chi connectivity index (χ1n) is 10.3. The minimum atomic E-state index is -0.155. The number of aromatic nitrogens is 4. The van der Waals surface area contributed by atoms with Gasteiger partial charge in [0.25, 0.3) is 0 Å². The minimum Gasteiger partial charge on any atom is -0.508 e. The van der Waals surface area contributed by atoms with Gasteiger partial charge in [0.15, 0.2) is 28.6 Å². The Kier molecular flexibility index (Phi) is 4.77. The molecule has 2 heterocycles. The Morgan fingerprint density at radius 1 is 1.03 bits per heavy atom. The van der Waals surface area contributed by atoms with Crippen LogP contribution in [0.1, 0.15) is 39.8 Å². The number of aromatic hydroxyl groups is 1. The molecule has 2 aromatic heterocycles. The normalized spacial score (nSPS) is 15.6. The number of phenols is 1. The second-order valence-corrected chi connectivity index (χ2v) is 7.85. The van der Waals surface area contributed by atoms with Crippen LogP contribution in [0.5, 0.6) is 17.2 Å². The van der Waals surface area contributed by atoms with Gasteiger partial charge in [0.1, 0.15) is 5.75 Å². The Labute approximate surface area is 184 Å². The van der Waals surface area contributed by atoms with E-state index < -0.39 is 0 Å². The zero-order valence-electron chi connectivity index (χ0n) is 18.0. The fourth-order valence-electron chi connectivity index (χ4n) is 4.46. The van der Waals surface area contributed by atoms with Crippen LogP contribution in [0.25, 0.3) is 16.8 Å². The Morgan fingerprint density at radius 2 is 1.81 bits per heavy atom. The van der Waals surface area contributed by atoms with Gasteiger partial charge in [-0.15, -0.1) is 10.2 Å². The third-order valence-electron chi connectivity index (χ3n) is 5.99. The highest BCUT2D eigenvalue weighted by molar-refractivity contribution is 5.97. The van der Waals surface area contributed by atoms with E-state index in [1.807, 2.05) is 37.3 Å². The van der Waals surface area contributed by atoms with Gasteiger partial charge in [-0.2, -0.15) is 5.10 Å². The van der Waals surface area contributed by atoms with E-state index in [2.05, 4.69) is 10.2 Å². The lowest BCUT2D eigenvalue weighted by molar-refractivity contribution is 0.0955. The summed E-state index contributed by atoms with van der Waals surface area (Å²) >= 11 is 0. The number of Topliss-reactive ketones (excluding diaryl/α,β-unsaturated/α-hetero) is 1. The molecule has 0 amide bonds. The van der Waals surface area contributed by atoms with Crippen LogP contribution in [-0.2, 0) is 6.42 Å². The van der Waals surface area contributed by atoms with Crippen LogP contribution >= 0.6 is 0 Å². The Bertz CT molecular complexity index is 1360. The molecule has 8 heteroatoms. The molecule has 2 aromatic carbocycles. The summed E-state index contributed by atoms with van der Waals surface area (Å²) < 4.78 is 12.5. The van der Waals surface area contributed by atoms with Crippen LogP contribution in [0.4, 0.5) is 0 Å². The summed E-state index contributed by atoms with van der Waals surface area (Å²) in [4.78, 5) is 12.9. The van der Waals surface area contributed by atoms with Gasteiger partial charge in [-0.05, 0) is 42.7 Å². The number of benzene rings is 2. The smallest absolute Gasteiger partial charge is 0.185 e. The molecule has 0 aliphatic heterocycles. The standard InChI is InChI=1S/C24H22N4O4/c1-13-22(14-8-9-20(31-2)21(12-14)32-3)24-26-25-23-17(28(24)27-13)10-15(11-19(23)30)16-6-4-5-7-18(16)29/h4-9,12,15,29H,10-11H2,1-3H3/t15-/m1/s1. The van der Waals surface area contributed by atoms with Crippen molar-refractivity contribution in [3.05, 3.63) is 65.1 Å². The van der Waals surface area contributed by atoms with E-state index in [0.29, 0.717) is 35.0 Å². The molecule has 0 fully saturated rings. The molecule has 0 bridgehead atoms. The number of ketones is 1. The molecular weight excluding hydrogens is 408 g/mol. The summed E-state index contributed by atoms with van der Waals surface area (Å²) in [6.07, 6.45) is 0.796. The second kappa shape index (κ2) is 7.64. The van der Waals surface area contributed by atoms with Crippen LogP contribution in [0.15, 0.2) is 42.5 Å². The maximum absolute atomic E-state index is 12.9. The number of rotatable bonds is 4. The highest BCUT2D eigenvalue weighted by atomic mass is 16.5. The largest absolute Gasteiger partial charge is 0.508 e. The number of nitrogens with zero attached hydrogens (tertiary/aromatic N) is 4. The van der Waals surface area contributed by atoms with Crippen molar-refractivity contribution < 1.29 is 19.4 Å². The van der Waals surface area contributed by atoms with Gasteiger partial charge in [0.05, 0.1) is 31.2 Å². The van der Waals surface area contributed by atoms with Crippen LogP contribution < -0.4 is 9.47 Å². The molecule has 0 saturated carbocycles. The van der Waals surface area contributed by atoms with E-state index in [1.165, 1.54) is 0 Å². The highest BCUT2D eigenvalue weighted by Crippen LogP contribution is 2.38. The second-order valence-electron chi connectivity index (χ2n) is 7.85. The number of methoxy groups -OCH3 is 2. The monoisotopic (exact) mass is 430 g/mol. The molecule has 0 spiro atoms. The Morgan fingerprint density at radius 3 is 2.56 bits per heavy atom. The average molecular weight is 430 g/mol. The van der Waals surface area contributed by atoms with E-state index in [4.69, 9.17) is 14.6 Å². The zero-order valence-corrected chi connectivity index (χ0v) is 18.0. The Balaban J connectivity index is 1.66. The van der Waals surface area contributed by atoms with E-state index in [0.717, 1.165) is 22.4 Å². The number of fused-ring (bicyclic) bond motifs is 3. The molecule has 32 heavy (non-hydrogen) atoms. The minimum absolute atomic E-state index is 0.102. The summed E-state index contributed by atoms with van der Waals surface area (Å²) in [5.41, 5.74) is 4.80. The number of carbonyl (C=O) groups is 1. The molecule has 0 radical (unpaired) electrons. The summed E-state index contributed by atoms with van der Waals surface area (Å²) in [5, 5.41) is 23.7. The molecular formula is C24H22N4O4. The maximum Gasteiger partial charge on any atom is 0.185 e. The number of ether oxygens (including phenoxy) is 2. The number of para-hydroxylation sites is 1. The van der Waals surface area contributed by atoms with E-state index in [-0.39, 0.29) is 23.9 Å². The van der Waals surface area contributed by atoms with Crippen molar-refractivity contribution in [1.82, 2.24) is 19.8 Å². The summed E-state index contributed by atoms with van der Waals surface area (Å²) in [7, 11) is 3.18. The topological polar surface area (TPSA) is 98.8 Å². The maximum atomic E-state index is 12.9. The van der Waals surface area contributed by atoms with Crippen LogP contribution in [0.2, 0.25) is 0 Å². The number of aryl methyl sites for hydroxylation is 1. The molecule has 8 nitrogen and oxygen atoms in total. The third-order valence-corrected chi connectivity index (χ3v) is 5.99. The number of phenolic OH excluding ortho intramolecular Hbond substituents is 1. The van der Waals surface area contributed by atoms with Gasteiger partial charge in [-0.1, -0.05) is 24.3 Å². The van der Waals surface area contributed by atoms with Crippen molar-refractivity contribution in [2.75, 3.05) is 14.2 Å². The SMILES string of the molecule is COc1ccc(-c2c(C)nn3c4c(nnc23)C(=O)C[C@H](c2ccccc2O)C4)cc1OC. The first-order chi connectivity index (χ1) is 15.5. The van der Waals surface area contributed by atoms with E-state index >= 15 is 0 Å². The molecule has 5 rings (SSSR count). The summed E-state index contributed by atoms with van der Waals surface area (Å²) in [6.45, 7) is 1.90. The first kappa shape index (κ1) is 20.0. The average Bonchev–Trinajstić information content (AvgIpc) is 3.15. The van der Waals surface area contributed by atoms with E-state index in [9.17, 15) is 9.90 Å². The summed E-state index contributed by atoms with van der Waals surface area (Å²) in [6, 6.07) is 12.8. The van der Waals surface area contributed by atoms with Crippen molar-refractivity contribution in [2.45, 2.75) is 25.7 Å².